The van der Waals surface area contributed by atoms with E-state index in [4.69, 9.17) is 27.9 Å². The molecule has 0 N–H and O–H groups in total. The summed E-state index contributed by atoms with van der Waals surface area (Å²) in [4.78, 5) is 5.30. The molecule has 0 radical (unpaired) electrons. The lowest BCUT2D eigenvalue weighted by Gasteiger charge is -2.31. The predicted molar refractivity (Wildman–Crippen MR) is 123 cm³/mol. The van der Waals surface area contributed by atoms with Gasteiger partial charge in [-0.15, -0.1) is 0 Å². The average molecular weight is 481 g/mol. The second kappa shape index (κ2) is 7.92. The summed E-state index contributed by atoms with van der Waals surface area (Å²) in [6, 6.07) is 11.2. The predicted octanol–water partition coefficient (Wildman–Crippen LogP) is 4.08. The molecule has 5 nitrogen and oxygen atoms in total. The Kier molecular flexibility index (Phi) is 5.50. The van der Waals surface area contributed by atoms with Crippen molar-refractivity contribution < 1.29 is 13.2 Å². The number of nitrogens with zero attached hydrogens (tertiary/aromatic N) is 2. The minimum absolute atomic E-state index is 0.166. The molecule has 3 aliphatic rings. The molecule has 2 saturated heterocycles. The van der Waals surface area contributed by atoms with E-state index in [0.717, 1.165) is 30.6 Å². The van der Waals surface area contributed by atoms with Gasteiger partial charge in [-0.3, -0.25) is 4.90 Å². The van der Waals surface area contributed by atoms with E-state index in [0.29, 0.717) is 27.8 Å². The molecule has 2 unspecified atom stereocenters. The van der Waals surface area contributed by atoms with Gasteiger partial charge in [-0.25, -0.2) is 8.42 Å². The molecule has 31 heavy (non-hydrogen) atoms. The molecule has 2 aromatic rings. The number of sulfone groups is 1. The van der Waals surface area contributed by atoms with Crippen molar-refractivity contribution in [2.24, 2.45) is 5.92 Å². The van der Waals surface area contributed by atoms with Crippen LogP contribution < -0.4 is 4.74 Å². The van der Waals surface area contributed by atoms with Crippen LogP contribution in [0.5, 0.6) is 5.75 Å². The van der Waals surface area contributed by atoms with Crippen molar-refractivity contribution in [3.8, 4) is 5.75 Å². The number of benzene rings is 2. The van der Waals surface area contributed by atoms with E-state index in [9.17, 15) is 8.42 Å². The number of likely N-dealkylation sites (tertiary alicyclic amines) is 2. The third-order valence-electron chi connectivity index (χ3n) is 7.10. The fraction of sp³-hybridized carbons (Fsp3) is 0.478. The Balaban J connectivity index is 1.46. The lowest BCUT2D eigenvalue weighted by atomic mass is 10.1. The fourth-order valence-corrected chi connectivity index (χ4v) is 6.68. The third kappa shape index (κ3) is 3.98. The number of fused-ring (bicyclic) bond motifs is 2. The highest BCUT2D eigenvalue weighted by molar-refractivity contribution is 7.90. The molecule has 0 bridgehead atoms. The van der Waals surface area contributed by atoms with Crippen LogP contribution in [0.1, 0.15) is 23.7 Å². The zero-order chi connectivity index (χ0) is 21.9. The van der Waals surface area contributed by atoms with Gasteiger partial charge in [0.2, 0.25) is 0 Å². The maximum absolute atomic E-state index is 11.8. The van der Waals surface area contributed by atoms with E-state index >= 15 is 0 Å². The highest BCUT2D eigenvalue weighted by Crippen LogP contribution is 2.45. The normalized spacial score (nSPS) is 28.6. The summed E-state index contributed by atoms with van der Waals surface area (Å²) in [7, 11) is -1.03. The minimum atomic E-state index is -3.25. The van der Waals surface area contributed by atoms with Gasteiger partial charge in [0.05, 0.1) is 10.9 Å². The average Bonchev–Trinajstić information content (AvgIpc) is 3.37. The monoisotopic (exact) mass is 480 g/mol. The van der Waals surface area contributed by atoms with E-state index in [2.05, 4.69) is 16.8 Å². The van der Waals surface area contributed by atoms with Crippen LogP contribution in [0.2, 0.25) is 10.0 Å². The maximum atomic E-state index is 11.8. The molecule has 4 atom stereocenters. The van der Waals surface area contributed by atoms with Gasteiger partial charge in [-0.05, 0) is 74.3 Å². The Morgan fingerprint density at radius 3 is 2.48 bits per heavy atom. The van der Waals surface area contributed by atoms with Gasteiger partial charge >= 0.3 is 0 Å². The molecular weight excluding hydrogens is 455 g/mol. The van der Waals surface area contributed by atoms with Gasteiger partial charge in [-0.1, -0.05) is 23.2 Å². The summed E-state index contributed by atoms with van der Waals surface area (Å²) >= 11 is 12.9. The van der Waals surface area contributed by atoms with Gasteiger partial charge in [0.15, 0.2) is 9.84 Å². The van der Waals surface area contributed by atoms with Crippen molar-refractivity contribution >= 4 is 33.0 Å². The first-order valence-corrected chi connectivity index (χ1v) is 13.2. The van der Waals surface area contributed by atoms with Crippen LogP contribution in [0.3, 0.4) is 0 Å². The lowest BCUT2D eigenvalue weighted by Crippen LogP contribution is -2.41. The molecule has 1 aliphatic carbocycles. The molecule has 0 aromatic heterocycles. The molecule has 5 rings (SSSR count). The summed E-state index contributed by atoms with van der Waals surface area (Å²) < 4.78 is 30.1. The molecule has 2 aliphatic heterocycles. The van der Waals surface area contributed by atoms with E-state index in [1.807, 2.05) is 6.07 Å². The lowest BCUT2D eigenvalue weighted by molar-refractivity contribution is 0.0857. The second-order valence-corrected chi connectivity index (χ2v) is 11.9. The van der Waals surface area contributed by atoms with Crippen LogP contribution in [0.25, 0.3) is 0 Å². The first-order valence-electron chi connectivity index (χ1n) is 10.6. The Morgan fingerprint density at radius 1 is 1.06 bits per heavy atom. The van der Waals surface area contributed by atoms with Crippen molar-refractivity contribution in [3.63, 3.8) is 0 Å². The molecule has 166 valence electrons. The third-order valence-corrected chi connectivity index (χ3v) is 8.79. The summed E-state index contributed by atoms with van der Waals surface area (Å²) in [5, 5.41) is 1.28. The van der Waals surface area contributed by atoms with Crippen LogP contribution in [-0.4, -0.2) is 63.2 Å². The number of halogens is 2. The zero-order valence-electron chi connectivity index (χ0n) is 17.6. The van der Waals surface area contributed by atoms with Crippen LogP contribution in [0.4, 0.5) is 0 Å². The SMILES string of the molecule is CN1CCC2CN([C@H]3Cc4c(Cl)cc(Cl)cc4[C@H]3Oc3ccc(S(C)(=O)=O)cc3)CC21. The molecule has 8 heteroatoms. The Hall–Kier alpha value is -1.31. The Morgan fingerprint density at radius 2 is 1.81 bits per heavy atom. The standard InChI is InChI=1S/C23H26Cl2N2O3S/c1-26-8-7-14-12-27(13-22(14)26)21-11-18-19(9-15(24)10-20(18)25)23(21)30-16-3-5-17(6-4-16)31(2,28)29/h3-6,9-10,14,21-23H,7-8,11-13H2,1-2H3/t14?,21-,22?,23+/m0/s1. The van der Waals surface area contributed by atoms with E-state index < -0.39 is 9.84 Å². The van der Waals surface area contributed by atoms with Crippen molar-refractivity contribution in [2.45, 2.75) is 35.9 Å². The number of likely N-dealkylation sites (N-methyl/N-ethyl adjacent to an activating group) is 1. The summed E-state index contributed by atoms with van der Waals surface area (Å²) in [5.74, 6) is 1.34. The molecule has 0 saturated carbocycles. The van der Waals surface area contributed by atoms with Gasteiger partial charge in [0.1, 0.15) is 11.9 Å². The molecule has 2 heterocycles. The number of rotatable bonds is 4. The summed E-state index contributed by atoms with van der Waals surface area (Å²) in [5.41, 5.74) is 2.12. The molecular formula is C23H26Cl2N2O3S. The largest absolute Gasteiger partial charge is 0.484 e. The van der Waals surface area contributed by atoms with Gasteiger partial charge in [0, 0.05) is 41.0 Å². The van der Waals surface area contributed by atoms with E-state index in [-0.39, 0.29) is 17.0 Å². The first kappa shape index (κ1) is 21.5. The zero-order valence-corrected chi connectivity index (χ0v) is 19.9. The fourth-order valence-electron chi connectivity index (χ4n) is 5.47. The van der Waals surface area contributed by atoms with Gasteiger partial charge < -0.3 is 9.64 Å². The first-order chi connectivity index (χ1) is 14.7. The van der Waals surface area contributed by atoms with Crippen LogP contribution in [0, 0.1) is 5.92 Å². The Bertz CT molecular complexity index is 1110. The van der Waals surface area contributed by atoms with Crippen molar-refractivity contribution in [2.75, 3.05) is 32.9 Å². The van der Waals surface area contributed by atoms with E-state index in [1.165, 1.54) is 19.2 Å². The minimum Gasteiger partial charge on any atom is -0.484 e. The van der Waals surface area contributed by atoms with E-state index in [1.54, 1.807) is 30.3 Å². The van der Waals surface area contributed by atoms with Gasteiger partial charge in [-0.2, -0.15) is 0 Å². The summed E-state index contributed by atoms with van der Waals surface area (Å²) in [6.45, 7) is 3.26. The van der Waals surface area contributed by atoms with Crippen LogP contribution in [0.15, 0.2) is 41.3 Å². The van der Waals surface area contributed by atoms with Gasteiger partial charge in [0.25, 0.3) is 0 Å². The van der Waals surface area contributed by atoms with Crippen molar-refractivity contribution in [3.05, 3.63) is 57.6 Å². The molecule has 2 fully saturated rings. The number of hydrogen-bond acceptors (Lipinski definition) is 5. The smallest absolute Gasteiger partial charge is 0.175 e. The maximum Gasteiger partial charge on any atom is 0.175 e. The molecule has 0 spiro atoms. The summed E-state index contributed by atoms with van der Waals surface area (Å²) in [6.07, 6.45) is 3.06. The quantitative estimate of drug-likeness (QED) is 0.659. The topological polar surface area (TPSA) is 49.9 Å². The van der Waals surface area contributed by atoms with Crippen LogP contribution >= 0.6 is 23.2 Å². The Labute approximate surface area is 193 Å². The highest BCUT2D eigenvalue weighted by atomic mass is 35.5. The molecule has 2 aromatic carbocycles. The van der Waals surface area contributed by atoms with Crippen molar-refractivity contribution in [1.29, 1.82) is 0 Å². The van der Waals surface area contributed by atoms with Crippen LogP contribution in [-0.2, 0) is 16.3 Å². The number of ether oxygens (including phenoxy) is 1. The highest BCUT2D eigenvalue weighted by Gasteiger charge is 2.47. The van der Waals surface area contributed by atoms with Crippen molar-refractivity contribution in [1.82, 2.24) is 9.80 Å². The second-order valence-electron chi connectivity index (χ2n) is 9.06. The number of hydrogen-bond donors (Lipinski definition) is 0. The molecule has 0 amide bonds.